The summed E-state index contributed by atoms with van der Waals surface area (Å²) in [6.45, 7) is 3.28. The van der Waals surface area contributed by atoms with E-state index in [0.717, 1.165) is 11.1 Å². The van der Waals surface area contributed by atoms with Gasteiger partial charge in [-0.3, -0.25) is 9.59 Å². The lowest BCUT2D eigenvalue weighted by Gasteiger charge is -2.17. The van der Waals surface area contributed by atoms with Crippen molar-refractivity contribution in [2.45, 2.75) is 13.8 Å². The molecule has 7 heteroatoms. The summed E-state index contributed by atoms with van der Waals surface area (Å²) in [6.07, 6.45) is 0. The standard InChI is InChI=1S/C27H23ClN2O4/c1-16-7-6-8-17(2)24(16)29-22(31)15-34-27(33)25-23(18-11-13-19(28)14-12-18)20-9-4-5-10-21(20)26(32)30(25)3/h4-14H,15H2,1-3H3,(H,29,31). The van der Waals surface area contributed by atoms with E-state index in [9.17, 15) is 14.4 Å². The van der Waals surface area contributed by atoms with Crippen molar-refractivity contribution < 1.29 is 14.3 Å². The van der Waals surface area contributed by atoms with Gasteiger partial charge in [0.2, 0.25) is 0 Å². The highest BCUT2D eigenvalue weighted by atomic mass is 35.5. The maximum Gasteiger partial charge on any atom is 0.356 e. The summed E-state index contributed by atoms with van der Waals surface area (Å²) < 4.78 is 6.64. The van der Waals surface area contributed by atoms with Gasteiger partial charge >= 0.3 is 5.97 Å². The number of nitrogens with zero attached hydrogens (tertiary/aromatic N) is 1. The second-order valence-electron chi connectivity index (χ2n) is 8.03. The summed E-state index contributed by atoms with van der Waals surface area (Å²) in [5.74, 6) is -1.24. The molecule has 0 aliphatic heterocycles. The number of para-hydroxylation sites is 1. The van der Waals surface area contributed by atoms with Gasteiger partial charge < -0.3 is 14.6 Å². The first-order chi connectivity index (χ1) is 16.3. The number of pyridine rings is 1. The summed E-state index contributed by atoms with van der Waals surface area (Å²) in [5.41, 5.74) is 3.45. The Morgan fingerprint density at radius 1 is 0.912 bits per heavy atom. The number of halogens is 1. The van der Waals surface area contributed by atoms with Crippen LogP contribution in [0.4, 0.5) is 5.69 Å². The smallest absolute Gasteiger partial charge is 0.356 e. The fourth-order valence-corrected chi connectivity index (χ4v) is 4.13. The van der Waals surface area contributed by atoms with Crippen LogP contribution in [-0.2, 0) is 16.6 Å². The van der Waals surface area contributed by atoms with E-state index in [2.05, 4.69) is 5.32 Å². The summed E-state index contributed by atoms with van der Waals surface area (Å²) in [7, 11) is 1.52. The van der Waals surface area contributed by atoms with Crippen LogP contribution >= 0.6 is 11.6 Å². The Bertz CT molecular complexity index is 1450. The van der Waals surface area contributed by atoms with Crippen LogP contribution in [0.1, 0.15) is 21.6 Å². The number of esters is 1. The highest BCUT2D eigenvalue weighted by Crippen LogP contribution is 2.31. The maximum absolute atomic E-state index is 13.2. The second-order valence-corrected chi connectivity index (χ2v) is 8.47. The monoisotopic (exact) mass is 474 g/mol. The van der Waals surface area contributed by atoms with Gasteiger partial charge in [-0.05, 0) is 54.1 Å². The molecule has 0 spiro atoms. The molecule has 4 rings (SSSR count). The number of aryl methyl sites for hydroxylation is 2. The molecule has 4 aromatic rings. The van der Waals surface area contributed by atoms with Gasteiger partial charge in [-0.25, -0.2) is 4.79 Å². The number of amides is 1. The second kappa shape index (κ2) is 9.53. The number of rotatable bonds is 5. The molecule has 0 saturated carbocycles. The molecule has 1 aromatic heterocycles. The lowest BCUT2D eigenvalue weighted by molar-refractivity contribution is -0.119. The van der Waals surface area contributed by atoms with Gasteiger partial charge in [0.05, 0.1) is 0 Å². The lowest BCUT2D eigenvalue weighted by Crippen LogP contribution is -2.28. The third kappa shape index (κ3) is 4.45. The number of benzene rings is 3. The number of carbonyl (C=O) groups is 2. The number of hydrogen-bond donors (Lipinski definition) is 1. The quantitative estimate of drug-likeness (QED) is 0.400. The molecule has 1 amide bonds. The van der Waals surface area contributed by atoms with Crippen molar-refractivity contribution in [3.05, 3.63) is 98.9 Å². The van der Waals surface area contributed by atoms with Gasteiger partial charge in [0.15, 0.2) is 6.61 Å². The fraction of sp³-hybridized carbons (Fsp3) is 0.148. The first-order valence-corrected chi connectivity index (χ1v) is 11.1. The van der Waals surface area contributed by atoms with Crippen molar-refractivity contribution in [2.75, 3.05) is 11.9 Å². The van der Waals surface area contributed by atoms with Crippen molar-refractivity contribution in [1.29, 1.82) is 0 Å². The molecule has 0 unspecified atom stereocenters. The van der Waals surface area contributed by atoms with Crippen molar-refractivity contribution in [1.82, 2.24) is 4.57 Å². The van der Waals surface area contributed by atoms with E-state index >= 15 is 0 Å². The van der Waals surface area contributed by atoms with Gasteiger partial charge in [-0.15, -0.1) is 0 Å². The van der Waals surface area contributed by atoms with Gasteiger partial charge in [-0.1, -0.05) is 60.1 Å². The highest BCUT2D eigenvalue weighted by molar-refractivity contribution is 6.30. The topological polar surface area (TPSA) is 77.4 Å². The zero-order chi connectivity index (χ0) is 24.4. The van der Waals surface area contributed by atoms with Crippen molar-refractivity contribution in [3.63, 3.8) is 0 Å². The molecule has 0 fully saturated rings. The summed E-state index contributed by atoms with van der Waals surface area (Å²) in [4.78, 5) is 38.8. The van der Waals surface area contributed by atoms with Crippen LogP contribution in [-0.4, -0.2) is 23.1 Å². The molecule has 0 aliphatic carbocycles. The molecule has 0 saturated heterocycles. The Balaban J connectivity index is 1.71. The van der Waals surface area contributed by atoms with E-state index in [1.165, 1.54) is 11.6 Å². The van der Waals surface area contributed by atoms with E-state index in [1.54, 1.807) is 48.5 Å². The van der Waals surface area contributed by atoms with Crippen LogP contribution in [0.25, 0.3) is 21.9 Å². The molecule has 6 nitrogen and oxygen atoms in total. The minimum atomic E-state index is -0.771. The Morgan fingerprint density at radius 3 is 2.18 bits per heavy atom. The van der Waals surface area contributed by atoms with Crippen LogP contribution in [0, 0.1) is 13.8 Å². The van der Waals surface area contributed by atoms with Crippen molar-refractivity contribution >= 4 is 39.9 Å². The lowest BCUT2D eigenvalue weighted by atomic mass is 9.97. The molecule has 0 bridgehead atoms. The molecular formula is C27H23ClN2O4. The molecule has 3 aromatic carbocycles. The van der Waals surface area contributed by atoms with Gasteiger partial charge in [0.1, 0.15) is 5.69 Å². The van der Waals surface area contributed by atoms with Crippen LogP contribution in [0.2, 0.25) is 5.02 Å². The van der Waals surface area contributed by atoms with E-state index in [1.807, 2.05) is 32.0 Å². The van der Waals surface area contributed by atoms with Crippen LogP contribution < -0.4 is 10.9 Å². The normalized spacial score (nSPS) is 10.8. The molecule has 0 radical (unpaired) electrons. The number of ether oxygens (including phenoxy) is 1. The Labute approximate surface area is 201 Å². The number of aromatic nitrogens is 1. The summed E-state index contributed by atoms with van der Waals surface area (Å²) in [6, 6.07) is 19.7. The zero-order valence-corrected chi connectivity index (χ0v) is 19.8. The first-order valence-electron chi connectivity index (χ1n) is 10.7. The number of carbonyl (C=O) groups excluding carboxylic acids is 2. The van der Waals surface area contributed by atoms with E-state index in [4.69, 9.17) is 16.3 Å². The number of hydrogen-bond acceptors (Lipinski definition) is 4. The molecule has 1 heterocycles. The van der Waals surface area contributed by atoms with Gasteiger partial charge in [-0.2, -0.15) is 0 Å². The Kier molecular flexibility index (Phi) is 6.52. The number of anilines is 1. The summed E-state index contributed by atoms with van der Waals surface area (Å²) >= 11 is 6.06. The predicted octanol–water partition coefficient (Wildman–Crippen LogP) is 5.27. The minimum Gasteiger partial charge on any atom is -0.451 e. The van der Waals surface area contributed by atoms with E-state index < -0.39 is 18.5 Å². The van der Waals surface area contributed by atoms with Crippen molar-refractivity contribution in [3.8, 4) is 11.1 Å². The number of nitrogens with one attached hydrogen (secondary N) is 1. The SMILES string of the molecule is Cc1cccc(C)c1NC(=O)COC(=O)c1c(-c2ccc(Cl)cc2)c2ccccc2c(=O)n1C. The minimum absolute atomic E-state index is 0.0610. The maximum atomic E-state index is 13.2. The molecule has 172 valence electrons. The number of fused-ring (bicyclic) bond motifs is 1. The van der Waals surface area contributed by atoms with Crippen LogP contribution in [0.3, 0.4) is 0 Å². The molecular weight excluding hydrogens is 452 g/mol. The van der Waals surface area contributed by atoms with E-state index in [-0.39, 0.29) is 11.3 Å². The molecule has 34 heavy (non-hydrogen) atoms. The van der Waals surface area contributed by atoms with Crippen LogP contribution in [0.5, 0.6) is 0 Å². The van der Waals surface area contributed by atoms with Crippen LogP contribution in [0.15, 0.2) is 71.5 Å². The van der Waals surface area contributed by atoms with E-state index in [0.29, 0.717) is 32.6 Å². The fourth-order valence-electron chi connectivity index (χ4n) is 4.00. The summed E-state index contributed by atoms with van der Waals surface area (Å²) in [5, 5.41) is 4.42. The van der Waals surface area contributed by atoms with Gasteiger partial charge in [0.25, 0.3) is 11.5 Å². The Hall–Kier alpha value is -3.90. The third-order valence-electron chi connectivity index (χ3n) is 5.71. The largest absolute Gasteiger partial charge is 0.451 e. The highest BCUT2D eigenvalue weighted by Gasteiger charge is 2.23. The average molecular weight is 475 g/mol. The molecule has 0 atom stereocenters. The first kappa shape index (κ1) is 23.3. The zero-order valence-electron chi connectivity index (χ0n) is 19.0. The van der Waals surface area contributed by atoms with Crippen molar-refractivity contribution in [2.24, 2.45) is 7.05 Å². The van der Waals surface area contributed by atoms with Gasteiger partial charge in [0, 0.05) is 28.7 Å². The molecule has 1 N–H and O–H groups in total. The average Bonchev–Trinajstić information content (AvgIpc) is 2.83. The third-order valence-corrected chi connectivity index (χ3v) is 5.96. The predicted molar refractivity (Wildman–Crippen MR) is 134 cm³/mol. The molecule has 0 aliphatic rings. The Morgan fingerprint density at radius 2 is 1.53 bits per heavy atom.